The van der Waals surface area contributed by atoms with Crippen LogP contribution in [0, 0.1) is 13.8 Å². The first-order valence-electron chi connectivity index (χ1n) is 10.1. The number of amides is 1. The molecular weight excluding hydrogens is 364 g/mol. The molecule has 0 aromatic heterocycles. The van der Waals surface area contributed by atoms with Crippen LogP contribution in [0.5, 0.6) is 0 Å². The molecule has 28 heavy (non-hydrogen) atoms. The summed E-state index contributed by atoms with van der Waals surface area (Å²) in [4.78, 5) is 21.1. The van der Waals surface area contributed by atoms with Gasteiger partial charge in [0.1, 0.15) is 16.4 Å². The molecule has 2 aliphatic rings. The molecule has 2 aromatic carbocycles. The van der Waals surface area contributed by atoms with Crippen LogP contribution in [0.4, 0.5) is 0 Å². The molecule has 1 aliphatic heterocycles. The van der Waals surface area contributed by atoms with Crippen LogP contribution in [-0.2, 0) is 0 Å². The number of thiocarbonyl (C=S) groups is 1. The number of hydrogen-bond acceptors (Lipinski definition) is 3. The first-order valence-corrected chi connectivity index (χ1v) is 10.5. The average Bonchev–Trinajstić information content (AvgIpc) is 2.82. The van der Waals surface area contributed by atoms with E-state index in [0.29, 0.717) is 10.6 Å². The Morgan fingerprint density at radius 2 is 1.64 bits per heavy atom. The fourth-order valence-electron chi connectivity index (χ4n) is 4.32. The summed E-state index contributed by atoms with van der Waals surface area (Å²) in [6.45, 7) is 4.10. The maximum absolute atomic E-state index is 13.6. The Kier molecular flexibility index (Phi) is 5.15. The molecule has 144 valence electrons. The van der Waals surface area contributed by atoms with Crippen molar-refractivity contribution in [3.8, 4) is 0 Å². The van der Waals surface area contributed by atoms with Crippen molar-refractivity contribution in [1.82, 2.24) is 4.90 Å². The van der Waals surface area contributed by atoms with Gasteiger partial charge < -0.3 is 0 Å². The zero-order valence-corrected chi connectivity index (χ0v) is 17.4. The van der Waals surface area contributed by atoms with Crippen LogP contribution in [0.1, 0.15) is 65.6 Å². The predicted octanol–water partition coefficient (Wildman–Crippen LogP) is 5.63. The monoisotopic (exact) mass is 390 g/mol. The number of aliphatic imine (C=N–C) groups is 1. The Balaban J connectivity index is 1.78. The minimum absolute atomic E-state index is 0.0293. The van der Waals surface area contributed by atoms with E-state index in [1.807, 2.05) is 48.2 Å². The van der Waals surface area contributed by atoms with Crippen LogP contribution in [-0.4, -0.2) is 27.2 Å². The molecule has 2 aromatic rings. The van der Waals surface area contributed by atoms with Gasteiger partial charge in [0.2, 0.25) is 0 Å². The van der Waals surface area contributed by atoms with Crippen molar-refractivity contribution in [3.63, 3.8) is 0 Å². The summed E-state index contributed by atoms with van der Waals surface area (Å²) in [5.41, 5.74) is 4.25. The Hall–Kier alpha value is -2.33. The molecule has 4 rings (SSSR count). The van der Waals surface area contributed by atoms with Gasteiger partial charge >= 0.3 is 0 Å². The van der Waals surface area contributed by atoms with Crippen molar-refractivity contribution >= 4 is 28.8 Å². The van der Waals surface area contributed by atoms with E-state index >= 15 is 0 Å². The third-order valence-electron chi connectivity index (χ3n) is 5.84. The molecule has 1 saturated carbocycles. The fourth-order valence-corrected chi connectivity index (χ4v) is 4.73. The Labute approximate surface area is 172 Å². The van der Waals surface area contributed by atoms with Gasteiger partial charge in [0, 0.05) is 11.1 Å². The maximum Gasteiger partial charge on any atom is 0.260 e. The summed E-state index contributed by atoms with van der Waals surface area (Å²) in [7, 11) is 0. The van der Waals surface area contributed by atoms with Crippen molar-refractivity contribution < 1.29 is 4.79 Å². The van der Waals surface area contributed by atoms with Crippen molar-refractivity contribution in [1.29, 1.82) is 0 Å². The highest BCUT2D eigenvalue weighted by Gasteiger charge is 2.48. The Morgan fingerprint density at radius 1 is 0.964 bits per heavy atom. The minimum Gasteiger partial charge on any atom is -0.271 e. The van der Waals surface area contributed by atoms with Crippen molar-refractivity contribution in [2.24, 2.45) is 4.99 Å². The smallest absolute Gasteiger partial charge is 0.260 e. The van der Waals surface area contributed by atoms with Gasteiger partial charge in [-0.05, 0) is 57.7 Å². The lowest BCUT2D eigenvalue weighted by molar-refractivity contribution is 0.0692. The SMILES string of the molecule is Cc1ccc(C(=O)N2C(=S)C(c3cccc(C)c3)=NC23CCCCCC3)cc1. The molecule has 0 unspecified atom stereocenters. The molecule has 0 saturated heterocycles. The number of nitrogens with zero attached hydrogens (tertiary/aromatic N) is 2. The van der Waals surface area contributed by atoms with Gasteiger partial charge in [-0.15, -0.1) is 0 Å². The van der Waals surface area contributed by atoms with E-state index in [4.69, 9.17) is 17.2 Å². The van der Waals surface area contributed by atoms with Crippen molar-refractivity contribution in [2.75, 3.05) is 0 Å². The van der Waals surface area contributed by atoms with Gasteiger partial charge in [-0.3, -0.25) is 14.7 Å². The molecule has 0 bridgehead atoms. The van der Waals surface area contributed by atoms with E-state index in [1.54, 1.807) is 0 Å². The first kappa shape index (κ1) is 19.0. The zero-order chi connectivity index (χ0) is 19.7. The second-order valence-electron chi connectivity index (χ2n) is 8.04. The molecule has 1 fully saturated rings. The lowest BCUT2D eigenvalue weighted by atomic mass is 9.98. The normalized spacial score (nSPS) is 18.9. The minimum atomic E-state index is -0.533. The summed E-state index contributed by atoms with van der Waals surface area (Å²) in [5.74, 6) is -0.0293. The molecule has 1 heterocycles. The zero-order valence-electron chi connectivity index (χ0n) is 16.6. The maximum atomic E-state index is 13.6. The molecule has 0 atom stereocenters. The summed E-state index contributed by atoms with van der Waals surface area (Å²) >= 11 is 5.86. The number of carbonyl (C=O) groups is 1. The van der Waals surface area contributed by atoms with E-state index in [0.717, 1.165) is 42.5 Å². The van der Waals surface area contributed by atoms with Crippen LogP contribution >= 0.6 is 12.2 Å². The molecule has 1 amide bonds. The average molecular weight is 391 g/mol. The molecule has 3 nitrogen and oxygen atoms in total. The first-order chi connectivity index (χ1) is 13.5. The number of rotatable bonds is 2. The van der Waals surface area contributed by atoms with Crippen LogP contribution in [0.2, 0.25) is 0 Å². The van der Waals surface area contributed by atoms with E-state index in [-0.39, 0.29) is 5.91 Å². The molecule has 0 radical (unpaired) electrons. The van der Waals surface area contributed by atoms with Gasteiger partial charge in [-0.1, -0.05) is 66.5 Å². The predicted molar refractivity (Wildman–Crippen MR) is 118 cm³/mol. The summed E-state index contributed by atoms with van der Waals surface area (Å²) in [5, 5.41) is 0. The highest BCUT2D eigenvalue weighted by atomic mass is 32.1. The number of benzene rings is 2. The van der Waals surface area contributed by atoms with Crippen LogP contribution < -0.4 is 0 Å². The number of aryl methyl sites for hydroxylation is 2. The second kappa shape index (κ2) is 7.59. The summed E-state index contributed by atoms with van der Waals surface area (Å²) in [6.07, 6.45) is 6.28. The summed E-state index contributed by atoms with van der Waals surface area (Å²) in [6, 6.07) is 16.0. The number of hydrogen-bond donors (Lipinski definition) is 0. The summed E-state index contributed by atoms with van der Waals surface area (Å²) < 4.78 is 0. The largest absolute Gasteiger partial charge is 0.271 e. The van der Waals surface area contributed by atoms with Gasteiger partial charge in [-0.25, -0.2) is 0 Å². The van der Waals surface area contributed by atoms with E-state index in [9.17, 15) is 4.79 Å². The van der Waals surface area contributed by atoms with Gasteiger partial charge in [0.15, 0.2) is 0 Å². The van der Waals surface area contributed by atoms with Gasteiger partial charge in [-0.2, -0.15) is 0 Å². The van der Waals surface area contributed by atoms with Crippen LogP contribution in [0.25, 0.3) is 0 Å². The topological polar surface area (TPSA) is 32.7 Å². The van der Waals surface area contributed by atoms with Crippen LogP contribution in [0.3, 0.4) is 0 Å². The number of carbonyl (C=O) groups excluding carboxylic acids is 1. The molecule has 4 heteroatoms. The lowest BCUT2D eigenvalue weighted by Gasteiger charge is -2.35. The van der Waals surface area contributed by atoms with Gasteiger partial charge in [0.25, 0.3) is 5.91 Å². The van der Waals surface area contributed by atoms with Crippen LogP contribution in [0.15, 0.2) is 53.5 Å². The third kappa shape index (κ3) is 3.42. The molecular formula is C24H26N2OS. The molecule has 1 spiro atoms. The van der Waals surface area contributed by atoms with Gasteiger partial charge in [0.05, 0.1) is 0 Å². The van der Waals surface area contributed by atoms with E-state index < -0.39 is 5.66 Å². The van der Waals surface area contributed by atoms with E-state index in [1.165, 1.54) is 18.4 Å². The Bertz CT molecular complexity index is 937. The second-order valence-corrected chi connectivity index (χ2v) is 8.42. The standard InChI is InChI=1S/C24H26N2OS/c1-17-10-12-19(13-11-17)22(27)26-23(28)21(20-9-7-8-18(2)16-20)25-24(26)14-5-3-4-6-15-24/h7-13,16H,3-6,14-15H2,1-2H3. The lowest BCUT2D eigenvalue weighted by Crippen LogP contribution is -2.49. The Morgan fingerprint density at radius 3 is 2.29 bits per heavy atom. The molecule has 0 N–H and O–H groups in total. The third-order valence-corrected chi connectivity index (χ3v) is 6.22. The quantitative estimate of drug-likeness (QED) is 0.623. The van der Waals surface area contributed by atoms with Crippen molar-refractivity contribution in [3.05, 3.63) is 70.8 Å². The van der Waals surface area contributed by atoms with Crippen molar-refractivity contribution in [2.45, 2.75) is 58.0 Å². The fraction of sp³-hybridized carbons (Fsp3) is 0.375. The molecule has 1 aliphatic carbocycles. The highest BCUT2D eigenvalue weighted by Crippen LogP contribution is 2.40. The highest BCUT2D eigenvalue weighted by molar-refractivity contribution is 7.82. The van der Waals surface area contributed by atoms with E-state index in [2.05, 4.69) is 19.1 Å².